The molecule has 0 fully saturated rings. The Kier molecular flexibility index (Phi) is 8.03. The van der Waals surface area contributed by atoms with Crippen molar-refractivity contribution in [2.24, 2.45) is 0 Å². The van der Waals surface area contributed by atoms with E-state index < -0.39 is 0 Å². The molecule has 0 saturated heterocycles. The Morgan fingerprint density at radius 2 is 1.33 bits per heavy atom. The van der Waals surface area contributed by atoms with Crippen molar-refractivity contribution in [2.75, 3.05) is 38.0 Å². The van der Waals surface area contributed by atoms with Gasteiger partial charge in [0.1, 0.15) is 17.7 Å². The summed E-state index contributed by atoms with van der Waals surface area (Å²) >= 11 is 0. The molecule has 0 amide bonds. The van der Waals surface area contributed by atoms with Crippen molar-refractivity contribution in [3.8, 4) is 12.1 Å². The number of nitrogens with zero attached hydrogens (tertiary/aromatic N) is 4. The van der Waals surface area contributed by atoms with E-state index in [0.717, 1.165) is 34.5 Å². The highest BCUT2D eigenvalue weighted by molar-refractivity contribution is 5.73. The van der Waals surface area contributed by atoms with Crippen molar-refractivity contribution in [1.82, 2.24) is 0 Å². The molecule has 30 heavy (non-hydrogen) atoms. The van der Waals surface area contributed by atoms with Crippen LogP contribution in [0.2, 0.25) is 0 Å². The molecule has 0 radical (unpaired) electrons. The summed E-state index contributed by atoms with van der Waals surface area (Å²) in [7, 11) is 8.02. The summed E-state index contributed by atoms with van der Waals surface area (Å²) in [6.45, 7) is 2.07. The topological polar surface area (TPSA) is 54.1 Å². The largest absolute Gasteiger partial charge is 0.378 e. The van der Waals surface area contributed by atoms with Crippen molar-refractivity contribution in [1.29, 1.82) is 10.5 Å². The number of rotatable bonds is 7. The lowest BCUT2D eigenvalue weighted by Gasteiger charge is -2.13. The first-order chi connectivity index (χ1) is 14.4. The van der Waals surface area contributed by atoms with Crippen LogP contribution in [0, 0.1) is 22.7 Å². The quantitative estimate of drug-likeness (QED) is 0.447. The van der Waals surface area contributed by atoms with Crippen molar-refractivity contribution >= 4 is 23.0 Å². The van der Waals surface area contributed by atoms with Crippen LogP contribution in [0.25, 0.3) is 11.6 Å². The SMILES string of the molecule is CC/C(=C/C(/C=C/c1ccc(N(C)C)cc1)=C(C#N)C#N)c1ccc(N(C)C)cc1. The zero-order valence-electron chi connectivity index (χ0n) is 18.3. The van der Waals surface area contributed by atoms with Gasteiger partial charge in [0.15, 0.2) is 0 Å². The van der Waals surface area contributed by atoms with E-state index in [4.69, 9.17) is 0 Å². The Hall–Kier alpha value is -3.76. The van der Waals surface area contributed by atoms with Gasteiger partial charge >= 0.3 is 0 Å². The lowest BCUT2D eigenvalue weighted by atomic mass is 9.97. The zero-order valence-corrected chi connectivity index (χ0v) is 18.3. The van der Waals surface area contributed by atoms with Crippen molar-refractivity contribution < 1.29 is 0 Å². The Morgan fingerprint density at radius 3 is 1.77 bits per heavy atom. The molecule has 0 aromatic heterocycles. The molecule has 0 heterocycles. The molecule has 0 unspecified atom stereocenters. The average Bonchev–Trinajstić information content (AvgIpc) is 2.76. The number of hydrogen-bond donors (Lipinski definition) is 0. The molecule has 0 atom stereocenters. The summed E-state index contributed by atoms with van der Waals surface area (Å²) in [5, 5.41) is 18.9. The van der Waals surface area contributed by atoms with E-state index in [1.807, 2.05) is 87.7 Å². The maximum atomic E-state index is 9.44. The third kappa shape index (κ3) is 5.87. The van der Waals surface area contributed by atoms with E-state index in [-0.39, 0.29) is 5.57 Å². The maximum Gasteiger partial charge on any atom is 0.136 e. The standard InChI is InChI=1S/C26H28N4/c1-6-21(22-11-15-26(16-12-22)30(4)5)17-23(24(18-27)19-28)10-7-20-8-13-25(14-9-20)29(2)3/h7-17H,6H2,1-5H3/b10-7+,21-17-. The predicted molar refractivity (Wildman–Crippen MR) is 127 cm³/mol. The molecule has 0 spiro atoms. The first-order valence-electron chi connectivity index (χ1n) is 9.87. The summed E-state index contributed by atoms with van der Waals surface area (Å²) in [6, 6.07) is 20.5. The molecule has 0 N–H and O–H groups in total. The third-order valence-electron chi connectivity index (χ3n) is 4.84. The molecule has 4 heteroatoms. The Balaban J connectivity index is 2.42. The fraction of sp³-hybridized carbons (Fsp3) is 0.231. The first kappa shape index (κ1) is 22.5. The van der Waals surface area contributed by atoms with Crippen LogP contribution in [-0.2, 0) is 0 Å². The van der Waals surface area contributed by atoms with E-state index in [2.05, 4.69) is 36.1 Å². The van der Waals surface area contributed by atoms with Gasteiger partial charge in [0.05, 0.1) is 0 Å². The van der Waals surface area contributed by atoms with Crippen LogP contribution in [0.4, 0.5) is 11.4 Å². The fourth-order valence-electron chi connectivity index (χ4n) is 2.98. The van der Waals surface area contributed by atoms with Crippen molar-refractivity contribution in [3.63, 3.8) is 0 Å². The lowest BCUT2D eigenvalue weighted by molar-refractivity contribution is 1.13. The molecule has 0 saturated carbocycles. The first-order valence-corrected chi connectivity index (χ1v) is 9.87. The van der Waals surface area contributed by atoms with Crippen molar-refractivity contribution in [3.05, 3.63) is 83.0 Å². The van der Waals surface area contributed by atoms with Gasteiger partial charge in [-0.15, -0.1) is 0 Å². The lowest BCUT2D eigenvalue weighted by Crippen LogP contribution is -2.08. The monoisotopic (exact) mass is 396 g/mol. The Morgan fingerprint density at radius 1 is 0.833 bits per heavy atom. The predicted octanol–water partition coefficient (Wildman–Crippen LogP) is 5.67. The Labute approximate surface area is 180 Å². The molecular formula is C26H28N4. The fourth-order valence-corrected chi connectivity index (χ4v) is 2.98. The van der Waals surface area contributed by atoms with E-state index in [0.29, 0.717) is 5.57 Å². The second-order valence-electron chi connectivity index (χ2n) is 7.34. The molecule has 2 rings (SSSR count). The normalized spacial score (nSPS) is 11.0. The number of nitriles is 2. The zero-order chi connectivity index (χ0) is 22.1. The molecule has 2 aromatic rings. The second-order valence-corrected chi connectivity index (χ2v) is 7.34. The van der Waals surface area contributed by atoms with Gasteiger partial charge in [0.2, 0.25) is 0 Å². The van der Waals surface area contributed by atoms with E-state index in [9.17, 15) is 10.5 Å². The number of benzene rings is 2. The molecule has 0 aliphatic carbocycles. The minimum Gasteiger partial charge on any atom is -0.378 e. The van der Waals surface area contributed by atoms with Crippen LogP contribution >= 0.6 is 0 Å². The smallest absolute Gasteiger partial charge is 0.136 e. The van der Waals surface area contributed by atoms with E-state index >= 15 is 0 Å². The highest BCUT2D eigenvalue weighted by Gasteiger charge is 2.06. The average molecular weight is 397 g/mol. The van der Waals surface area contributed by atoms with Gasteiger partial charge < -0.3 is 9.80 Å². The van der Waals surface area contributed by atoms with E-state index in [1.165, 1.54) is 0 Å². The summed E-state index contributed by atoms with van der Waals surface area (Å²) in [5.41, 5.74) is 6.13. The maximum absolute atomic E-state index is 9.44. The van der Waals surface area contributed by atoms with Crippen LogP contribution in [0.3, 0.4) is 0 Å². The minimum absolute atomic E-state index is 0.104. The van der Waals surface area contributed by atoms with Gasteiger partial charge in [-0.05, 0) is 53.5 Å². The summed E-state index contributed by atoms with van der Waals surface area (Å²) in [5.74, 6) is 0. The number of allylic oxidation sites excluding steroid dienone is 5. The summed E-state index contributed by atoms with van der Waals surface area (Å²) in [4.78, 5) is 4.10. The molecule has 2 aromatic carbocycles. The number of anilines is 2. The van der Waals surface area contributed by atoms with Crippen molar-refractivity contribution in [2.45, 2.75) is 13.3 Å². The van der Waals surface area contributed by atoms with Crippen LogP contribution in [0.15, 0.2) is 71.8 Å². The summed E-state index contributed by atoms with van der Waals surface area (Å²) in [6.07, 6.45) is 6.51. The minimum atomic E-state index is 0.104. The molecule has 0 aliphatic rings. The molecule has 152 valence electrons. The highest BCUT2D eigenvalue weighted by Crippen LogP contribution is 2.25. The number of hydrogen-bond acceptors (Lipinski definition) is 4. The van der Waals surface area contributed by atoms with Gasteiger partial charge in [0.25, 0.3) is 0 Å². The highest BCUT2D eigenvalue weighted by atomic mass is 15.1. The van der Waals surface area contributed by atoms with E-state index in [1.54, 1.807) is 0 Å². The second kappa shape index (κ2) is 10.7. The third-order valence-corrected chi connectivity index (χ3v) is 4.84. The van der Waals surface area contributed by atoms with Gasteiger partial charge in [-0.25, -0.2) is 0 Å². The summed E-state index contributed by atoms with van der Waals surface area (Å²) < 4.78 is 0. The van der Waals surface area contributed by atoms with Crippen LogP contribution in [0.5, 0.6) is 0 Å². The van der Waals surface area contributed by atoms with Gasteiger partial charge in [-0.3, -0.25) is 0 Å². The van der Waals surface area contributed by atoms with Gasteiger partial charge in [-0.1, -0.05) is 43.3 Å². The van der Waals surface area contributed by atoms with Crippen LogP contribution in [0.1, 0.15) is 24.5 Å². The van der Waals surface area contributed by atoms with Gasteiger partial charge in [0, 0.05) is 45.1 Å². The molecular weight excluding hydrogens is 368 g/mol. The molecule has 0 bridgehead atoms. The molecule has 0 aliphatic heterocycles. The Bertz CT molecular complexity index is 1010. The van der Waals surface area contributed by atoms with Gasteiger partial charge in [-0.2, -0.15) is 10.5 Å². The van der Waals surface area contributed by atoms with Crippen LogP contribution < -0.4 is 9.80 Å². The molecule has 4 nitrogen and oxygen atoms in total. The van der Waals surface area contributed by atoms with Crippen LogP contribution in [-0.4, -0.2) is 28.2 Å².